The van der Waals surface area contributed by atoms with Crippen molar-refractivity contribution < 1.29 is 33.0 Å². The molecule has 3 aromatic rings. The van der Waals surface area contributed by atoms with E-state index in [2.05, 4.69) is 0 Å². The predicted molar refractivity (Wildman–Crippen MR) is 106 cm³/mol. The number of esters is 2. The molecule has 0 aliphatic heterocycles. The minimum atomic E-state index is -0.572. The smallest absolute Gasteiger partial charge is 0.343 e. The van der Waals surface area contributed by atoms with Crippen molar-refractivity contribution in [1.29, 1.82) is 0 Å². The van der Waals surface area contributed by atoms with E-state index in [1.54, 1.807) is 51.1 Å². The molecule has 152 valence electrons. The molecule has 7 nitrogen and oxygen atoms in total. The van der Waals surface area contributed by atoms with Gasteiger partial charge in [0.05, 0.1) is 25.9 Å². The largest absolute Gasteiger partial charge is 0.493 e. The number of carbonyl (C=O) groups excluding carboxylic acids is 2. The summed E-state index contributed by atoms with van der Waals surface area (Å²) in [5, 5.41) is 0.519. The fourth-order valence-electron chi connectivity index (χ4n) is 2.92. The third-order valence-electron chi connectivity index (χ3n) is 4.21. The fourth-order valence-corrected chi connectivity index (χ4v) is 2.92. The summed E-state index contributed by atoms with van der Waals surface area (Å²) in [6.45, 7) is 5.23. The Hall–Kier alpha value is -3.48. The van der Waals surface area contributed by atoms with Crippen LogP contribution in [-0.4, -0.2) is 32.3 Å². The second kappa shape index (κ2) is 8.26. The van der Waals surface area contributed by atoms with Gasteiger partial charge in [0.1, 0.15) is 22.7 Å². The molecule has 0 amide bonds. The van der Waals surface area contributed by atoms with E-state index < -0.39 is 11.9 Å². The zero-order valence-corrected chi connectivity index (χ0v) is 16.9. The SMILES string of the molecule is COc1ccc(C(=O)Oc2ccc3oc(C)c(C(=O)OC(C)C)c3c2)cc1OC. The number of fused-ring (bicyclic) bond motifs is 1. The average Bonchev–Trinajstić information content (AvgIpc) is 3.01. The quantitative estimate of drug-likeness (QED) is 0.445. The highest BCUT2D eigenvalue weighted by atomic mass is 16.5. The molecule has 0 unspecified atom stereocenters. The highest BCUT2D eigenvalue weighted by Crippen LogP contribution is 2.31. The first-order valence-corrected chi connectivity index (χ1v) is 9.02. The van der Waals surface area contributed by atoms with Gasteiger partial charge >= 0.3 is 11.9 Å². The van der Waals surface area contributed by atoms with Crippen molar-refractivity contribution in [3.05, 3.63) is 53.3 Å². The molecule has 1 aromatic heterocycles. The number of aryl methyl sites for hydroxylation is 1. The van der Waals surface area contributed by atoms with E-state index >= 15 is 0 Å². The van der Waals surface area contributed by atoms with Gasteiger partial charge in [0, 0.05) is 5.39 Å². The van der Waals surface area contributed by atoms with Crippen LogP contribution in [0.2, 0.25) is 0 Å². The van der Waals surface area contributed by atoms with E-state index in [1.165, 1.54) is 20.3 Å². The number of carbonyl (C=O) groups is 2. The van der Waals surface area contributed by atoms with Crippen LogP contribution in [0, 0.1) is 6.92 Å². The highest BCUT2D eigenvalue weighted by Gasteiger charge is 2.22. The van der Waals surface area contributed by atoms with Gasteiger partial charge in [-0.25, -0.2) is 9.59 Å². The van der Waals surface area contributed by atoms with Gasteiger partial charge < -0.3 is 23.4 Å². The molecule has 29 heavy (non-hydrogen) atoms. The van der Waals surface area contributed by atoms with E-state index in [1.807, 2.05) is 0 Å². The van der Waals surface area contributed by atoms with E-state index in [9.17, 15) is 9.59 Å². The second-order valence-corrected chi connectivity index (χ2v) is 6.60. The lowest BCUT2D eigenvalue weighted by Crippen LogP contribution is -2.12. The molecule has 0 saturated carbocycles. The minimum absolute atomic E-state index is 0.266. The molecule has 0 N–H and O–H groups in total. The maximum absolute atomic E-state index is 12.6. The van der Waals surface area contributed by atoms with Crippen molar-refractivity contribution in [2.75, 3.05) is 14.2 Å². The molecular formula is C22H22O7. The summed E-state index contributed by atoms with van der Waals surface area (Å²) in [7, 11) is 3.00. The van der Waals surface area contributed by atoms with Crippen molar-refractivity contribution in [3.8, 4) is 17.2 Å². The van der Waals surface area contributed by atoms with Crippen molar-refractivity contribution in [2.24, 2.45) is 0 Å². The lowest BCUT2D eigenvalue weighted by Gasteiger charge is -2.10. The molecule has 0 fully saturated rings. The Morgan fingerprint density at radius 3 is 2.31 bits per heavy atom. The van der Waals surface area contributed by atoms with Crippen molar-refractivity contribution in [3.63, 3.8) is 0 Å². The lowest BCUT2D eigenvalue weighted by atomic mass is 10.1. The topological polar surface area (TPSA) is 84.2 Å². The first-order chi connectivity index (χ1) is 13.8. The van der Waals surface area contributed by atoms with Gasteiger partial charge in [-0.1, -0.05) is 0 Å². The van der Waals surface area contributed by atoms with Gasteiger partial charge in [-0.05, 0) is 57.2 Å². The second-order valence-electron chi connectivity index (χ2n) is 6.60. The molecule has 2 aromatic carbocycles. The molecule has 0 aliphatic rings. The maximum atomic E-state index is 12.6. The Morgan fingerprint density at radius 2 is 1.66 bits per heavy atom. The van der Waals surface area contributed by atoms with Crippen LogP contribution in [-0.2, 0) is 4.74 Å². The summed E-state index contributed by atoms with van der Waals surface area (Å²) in [5.41, 5.74) is 1.12. The van der Waals surface area contributed by atoms with E-state index in [4.69, 9.17) is 23.4 Å². The summed E-state index contributed by atoms with van der Waals surface area (Å²) in [6, 6.07) is 9.56. The maximum Gasteiger partial charge on any atom is 0.343 e. The molecule has 3 rings (SSSR count). The molecule has 1 heterocycles. The number of hydrogen-bond donors (Lipinski definition) is 0. The van der Waals surface area contributed by atoms with Crippen molar-refractivity contribution in [2.45, 2.75) is 26.9 Å². The number of furan rings is 1. The van der Waals surface area contributed by atoms with Crippen LogP contribution in [0.15, 0.2) is 40.8 Å². The Bertz CT molecular complexity index is 1060. The number of methoxy groups -OCH3 is 2. The number of ether oxygens (including phenoxy) is 4. The summed E-state index contributed by atoms with van der Waals surface area (Å²) in [5.74, 6) is 0.580. The Morgan fingerprint density at radius 1 is 0.931 bits per heavy atom. The van der Waals surface area contributed by atoms with E-state index in [0.717, 1.165) is 0 Å². The van der Waals surface area contributed by atoms with Gasteiger partial charge in [-0.15, -0.1) is 0 Å². The number of hydrogen-bond acceptors (Lipinski definition) is 7. The standard InChI is InChI=1S/C22H22O7/c1-12(2)27-22(24)20-13(3)28-17-9-7-15(11-16(17)20)29-21(23)14-6-8-18(25-4)19(10-14)26-5/h6-12H,1-5H3. The minimum Gasteiger partial charge on any atom is -0.493 e. The molecule has 0 saturated heterocycles. The zero-order valence-electron chi connectivity index (χ0n) is 16.9. The van der Waals surface area contributed by atoms with Crippen molar-refractivity contribution in [1.82, 2.24) is 0 Å². The monoisotopic (exact) mass is 398 g/mol. The van der Waals surface area contributed by atoms with Gasteiger partial charge in [0.15, 0.2) is 11.5 Å². The zero-order chi connectivity index (χ0) is 21.1. The molecule has 0 atom stereocenters. The highest BCUT2D eigenvalue weighted by molar-refractivity contribution is 6.05. The molecule has 0 spiro atoms. The summed E-state index contributed by atoms with van der Waals surface area (Å²) in [6.07, 6.45) is -0.266. The van der Waals surface area contributed by atoms with Crippen LogP contribution in [0.4, 0.5) is 0 Å². The van der Waals surface area contributed by atoms with Crippen molar-refractivity contribution >= 4 is 22.9 Å². The average molecular weight is 398 g/mol. The van der Waals surface area contributed by atoms with E-state index in [0.29, 0.717) is 39.4 Å². The van der Waals surface area contributed by atoms with Crippen LogP contribution >= 0.6 is 0 Å². The van der Waals surface area contributed by atoms with Gasteiger partial charge in [0.25, 0.3) is 0 Å². The van der Waals surface area contributed by atoms with E-state index in [-0.39, 0.29) is 11.9 Å². The van der Waals surface area contributed by atoms with Crippen LogP contribution in [0.25, 0.3) is 11.0 Å². The third kappa shape index (κ3) is 4.18. The van der Waals surface area contributed by atoms with Gasteiger partial charge in [-0.2, -0.15) is 0 Å². The number of rotatable bonds is 6. The van der Waals surface area contributed by atoms with Crippen LogP contribution in [0.1, 0.15) is 40.3 Å². The first-order valence-electron chi connectivity index (χ1n) is 9.02. The third-order valence-corrected chi connectivity index (χ3v) is 4.21. The Labute approximate surface area is 168 Å². The number of benzene rings is 2. The van der Waals surface area contributed by atoms with Gasteiger partial charge in [0.2, 0.25) is 0 Å². The van der Waals surface area contributed by atoms with Crippen LogP contribution in [0.3, 0.4) is 0 Å². The Kier molecular flexibility index (Phi) is 5.77. The summed E-state index contributed by atoms with van der Waals surface area (Å²) < 4.78 is 26.8. The van der Waals surface area contributed by atoms with Gasteiger partial charge in [-0.3, -0.25) is 0 Å². The molecule has 0 radical (unpaired) electrons. The molecular weight excluding hydrogens is 376 g/mol. The van der Waals surface area contributed by atoms with Crippen LogP contribution in [0.5, 0.6) is 17.2 Å². The first kappa shape index (κ1) is 20.3. The lowest BCUT2D eigenvalue weighted by molar-refractivity contribution is 0.0378. The molecule has 0 aliphatic carbocycles. The molecule has 7 heteroatoms. The summed E-state index contributed by atoms with van der Waals surface area (Å²) in [4.78, 5) is 25.0. The summed E-state index contributed by atoms with van der Waals surface area (Å²) >= 11 is 0. The predicted octanol–water partition coefficient (Wildman–Crippen LogP) is 4.54. The Balaban J connectivity index is 1.91. The fraction of sp³-hybridized carbons (Fsp3) is 0.273. The normalized spacial score (nSPS) is 10.8. The van der Waals surface area contributed by atoms with Crippen LogP contribution < -0.4 is 14.2 Å². The molecule has 0 bridgehead atoms.